The van der Waals surface area contributed by atoms with Gasteiger partial charge in [0.05, 0.1) is 5.71 Å². The largest absolute Gasteiger partial charge is 0.237 e. The highest BCUT2D eigenvalue weighted by molar-refractivity contribution is 7.97. The minimum absolute atomic E-state index is 0.182. The number of benzene rings is 2. The van der Waals surface area contributed by atoms with Crippen molar-refractivity contribution in [1.82, 2.24) is 4.41 Å². The van der Waals surface area contributed by atoms with Crippen molar-refractivity contribution in [2.45, 2.75) is 39.0 Å². The summed E-state index contributed by atoms with van der Waals surface area (Å²) in [6, 6.07) is 11.5. The molecule has 0 aliphatic rings. The van der Waals surface area contributed by atoms with Crippen molar-refractivity contribution in [2.75, 3.05) is 7.05 Å². The van der Waals surface area contributed by atoms with E-state index in [0.29, 0.717) is 0 Å². The van der Waals surface area contributed by atoms with Gasteiger partial charge in [0, 0.05) is 29.5 Å². The quantitative estimate of drug-likeness (QED) is 0.416. The second-order valence-electron chi connectivity index (χ2n) is 5.66. The van der Waals surface area contributed by atoms with Gasteiger partial charge in [-0.3, -0.25) is 0 Å². The van der Waals surface area contributed by atoms with Gasteiger partial charge in [-0.1, -0.05) is 24.6 Å². The molecule has 0 aliphatic carbocycles. The number of hydrogen-bond acceptors (Lipinski definition) is 3. The van der Waals surface area contributed by atoms with Gasteiger partial charge in [0.25, 0.3) is 0 Å². The van der Waals surface area contributed by atoms with Crippen LogP contribution in [0, 0.1) is 19.7 Å². The Kier molecular flexibility index (Phi) is 5.83. The summed E-state index contributed by atoms with van der Waals surface area (Å²) in [7, 11) is 1.93. The van der Waals surface area contributed by atoms with Gasteiger partial charge >= 0.3 is 0 Å². The zero-order valence-electron chi connectivity index (χ0n) is 14.4. The minimum Gasteiger partial charge on any atom is -0.237 e. The van der Waals surface area contributed by atoms with Crippen molar-refractivity contribution in [3.63, 3.8) is 0 Å². The molecule has 4 heteroatoms. The van der Waals surface area contributed by atoms with Gasteiger partial charge < -0.3 is 0 Å². The molecule has 0 unspecified atom stereocenters. The van der Waals surface area contributed by atoms with E-state index in [4.69, 9.17) is 0 Å². The number of halogens is 1. The van der Waals surface area contributed by atoms with Crippen molar-refractivity contribution in [3.8, 4) is 0 Å². The predicted octanol–water partition coefficient (Wildman–Crippen LogP) is 5.37. The number of aryl methyl sites for hydroxylation is 3. The van der Waals surface area contributed by atoms with Gasteiger partial charge in [0.15, 0.2) is 0 Å². The van der Waals surface area contributed by atoms with Gasteiger partial charge in [-0.25, -0.2) is 8.80 Å². The Labute approximate surface area is 142 Å². The molecule has 0 N–H and O–H groups in total. The summed E-state index contributed by atoms with van der Waals surface area (Å²) in [5.74, 6) is -0.182. The molecule has 23 heavy (non-hydrogen) atoms. The first-order valence-electron chi connectivity index (χ1n) is 7.73. The Morgan fingerprint density at radius 3 is 2.43 bits per heavy atom. The lowest BCUT2D eigenvalue weighted by Crippen LogP contribution is -2.10. The topological polar surface area (TPSA) is 15.6 Å². The summed E-state index contributed by atoms with van der Waals surface area (Å²) in [4.78, 5) is 1.14. The maximum Gasteiger partial charge on any atom is 0.123 e. The summed E-state index contributed by atoms with van der Waals surface area (Å²) in [5, 5.41) is 4.65. The van der Waals surface area contributed by atoms with Crippen molar-refractivity contribution in [3.05, 3.63) is 64.5 Å². The van der Waals surface area contributed by atoms with E-state index in [1.165, 1.54) is 5.56 Å². The average molecular weight is 330 g/mol. The number of hydrogen-bond donors (Lipinski definition) is 0. The van der Waals surface area contributed by atoms with E-state index in [1.54, 1.807) is 24.1 Å². The van der Waals surface area contributed by atoms with Crippen LogP contribution in [0.3, 0.4) is 0 Å². The molecule has 0 heterocycles. The molecule has 2 nitrogen and oxygen atoms in total. The second-order valence-corrected chi connectivity index (χ2v) is 6.85. The molecule has 0 bridgehead atoms. The Hall–Kier alpha value is -1.81. The van der Waals surface area contributed by atoms with E-state index >= 15 is 0 Å². The lowest BCUT2D eigenvalue weighted by Gasteiger charge is -2.16. The summed E-state index contributed by atoms with van der Waals surface area (Å²) in [5.41, 5.74) is 5.12. The van der Waals surface area contributed by atoms with E-state index in [1.807, 2.05) is 32.2 Å². The zero-order valence-corrected chi connectivity index (χ0v) is 15.2. The monoisotopic (exact) mass is 330 g/mol. The lowest BCUT2D eigenvalue weighted by atomic mass is 9.96. The molecule has 0 amide bonds. The molecule has 0 saturated heterocycles. The molecule has 0 fully saturated rings. The molecule has 122 valence electrons. The number of nitrogens with zero attached hydrogens (tertiary/aromatic N) is 2. The Bertz CT molecular complexity index is 708. The summed E-state index contributed by atoms with van der Waals surface area (Å²) >= 11 is 1.57. The summed E-state index contributed by atoms with van der Waals surface area (Å²) < 4.78 is 15.4. The molecule has 0 aliphatic heterocycles. The first-order valence-corrected chi connectivity index (χ1v) is 8.51. The van der Waals surface area contributed by atoms with Crippen molar-refractivity contribution < 1.29 is 4.39 Å². The average Bonchev–Trinajstić information content (AvgIpc) is 2.48. The van der Waals surface area contributed by atoms with E-state index in [0.717, 1.165) is 33.7 Å². The molecule has 2 rings (SSSR count). The molecular formula is C19H23FN2S. The van der Waals surface area contributed by atoms with Crippen LogP contribution in [0.15, 0.2) is 46.4 Å². The Morgan fingerprint density at radius 1 is 1.17 bits per heavy atom. The Balaban J connectivity index is 2.23. The fourth-order valence-electron chi connectivity index (χ4n) is 2.64. The van der Waals surface area contributed by atoms with E-state index in [9.17, 15) is 4.39 Å². The SMILES string of the molecule is CCc1cc(F)cc(C)c1/C(C)=N\N(C)Sc1ccc(C)cc1. The normalized spacial score (nSPS) is 11.7. The third-order valence-corrected chi connectivity index (χ3v) is 4.50. The molecule has 0 aromatic heterocycles. The second kappa shape index (κ2) is 7.64. The van der Waals surface area contributed by atoms with Gasteiger partial charge in [0.2, 0.25) is 0 Å². The third kappa shape index (κ3) is 4.58. The molecule has 0 spiro atoms. The molecule has 0 saturated carbocycles. The lowest BCUT2D eigenvalue weighted by molar-refractivity contribution is 0.613. The van der Waals surface area contributed by atoms with Crippen LogP contribution in [-0.2, 0) is 6.42 Å². The fourth-order valence-corrected chi connectivity index (χ4v) is 3.37. The molecular weight excluding hydrogens is 307 g/mol. The van der Waals surface area contributed by atoms with Crippen LogP contribution in [0.4, 0.5) is 4.39 Å². The van der Waals surface area contributed by atoms with Gasteiger partial charge in [-0.05, 0) is 62.6 Å². The first-order chi connectivity index (χ1) is 10.9. The van der Waals surface area contributed by atoms with Gasteiger partial charge in [0.1, 0.15) is 5.82 Å². The van der Waals surface area contributed by atoms with Gasteiger partial charge in [-0.2, -0.15) is 5.10 Å². The highest BCUT2D eigenvalue weighted by Crippen LogP contribution is 2.24. The van der Waals surface area contributed by atoms with Crippen LogP contribution in [0.25, 0.3) is 0 Å². The number of rotatable bonds is 5. The molecule has 2 aromatic carbocycles. The molecule has 0 radical (unpaired) electrons. The first kappa shape index (κ1) is 17.5. The van der Waals surface area contributed by atoms with Crippen LogP contribution in [0.1, 0.15) is 36.1 Å². The minimum atomic E-state index is -0.182. The highest BCUT2D eigenvalue weighted by atomic mass is 32.2. The highest BCUT2D eigenvalue weighted by Gasteiger charge is 2.11. The van der Waals surface area contributed by atoms with Crippen LogP contribution in [-0.4, -0.2) is 17.2 Å². The molecule has 0 atom stereocenters. The maximum atomic E-state index is 13.6. The number of hydrazone groups is 1. The predicted molar refractivity (Wildman–Crippen MR) is 97.5 cm³/mol. The molecule has 2 aromatic rings. The van der Waals surface area contributed by atoms with Crippen molar-refractivity contribution in [1.29, 1.82) is 0 Å². The standard InChI is InChI=1S/C19H23FN2S/c1-6-16-12-17(20)11-14(3)19(16)15(4)21-22(5)23-18-9-7-13(2)8-10-18/h7-12H,6H2,1-5H3/b21-15-. The zero-order chi connectivity index (χ0) is 17.0. The van der Waals surface area contributed by atoms with E-state index in [2.05, 4.69) is 36.3 Å². The van der Waals surface area contributed by atoms with E-state index in [-0.39, 0.29) is 5.82 Å². The van der Waals surface area contributed by atoms with Gasteiger partial charge in [-0.15, -0.1) is 0 Å². The third-order valence-electron chi connectivity index (χ3n) is 3.67. The Morgan fingerprint density at radius 2 is 1.83 bits per heavy atom. The van der Waals surface area contributed by atoms with Crippen LogP contribution in [0.5, 0.6) is 0 Å². The summed E-state index contributed by atoms with van der Waals surface area (Å²) in [6.45, 7) is 8.02. The fraction of sp³-hybridized carbons (Fsp3) is 0.316. The van der Waals surface area contributed by atoms with Crippen molar-refractivity contribution in [2.24, 2.45) is 5.10 Å². The van der Waals surface area contributed by atoms with Crippen molar-refractivity contribution >= 4 is 17.7 Å². The van der Waals surface area contributed by atoms with Crippen LogP contribution < -0.4 is 0 Å². The smallest absolute Gasteiger partial charge is 0.123 e. The van der Waals surface area contributed by atoms with Crippen LogP contribution in [0.2, 0.25) is 0 Å². The summed E-state index contributed by atoms with van der Waals surface area (Å²) in [6.07, 6.45) is 0.787. The van der Waals surface area contributed by atoms with Crippen LogP contribution >= 0.6 is 11.9 Å². The maximum absolute atomic E-state index is 13.6. The van der Waals surface area contributed by atoms with E-state index < -0.39 is 0 Å².